The summed E-state index contributed by atoms with van der Waals surface area (Å²) < 4.78 is 26.1. The predicted molar refractivity (Wildman–Crippen MR) is 76.4 cm³/mol. The van der Waals surface area contributed by atoms with E-state index in [1.54, 1.807) is 31.6 Å². The molecule has 0 unspecified atom stereocenters. The number of rotatable bonds is 6. The van der Waals surface area contributed by atoms with Crippen molar-refractivity contribution in [1.82, 2.24) is 19.6 Å². The lowest BCUT2D eigenvalue weighted by Crippen LogP contribution is -2.27. The second kappa shape index (κ2) is 6.17. The van der Waals surface area contributed by atoms with Gasteiger partial charge < -0.3 is 10.3 Å². The molecule has 0 radical (unpaired) electrons. The Morgan fingerprint density at radius 2 is 2.00 bits per heavy atom. The Morgan fingerprint density at radius 1 is 1.30 bits per heavy atom. The molecule has 0 saturated carbocycles. The molecule has 6 nitrogen and oxygen atoms in total. The van der Waals surface area contributed by atoms with Crippen LogP contribution in [0, 0.1) is 0 Å². The Labute approximate surface area is 118 Å². The van der Waals surface area contributed by atoms with E-state index in [0.29, 0.717) is 12.4 Å². The predicted octanol–water partition coefficient (Wildman–Crippen LogP) is 0.950. The van der Waals surface area contributed by atoms with E-state index >= 15 is 0 Å². The van der Waals surface area contributed by atoms with Gasteiger partial charge >= 0.3 is 0 Å². The number of hydrogen-bond donors (Lipinski definition) is 2. The number of nitrogens with zero attached hydrogens (tertiary/aromatic N) is 2. The number of benzene rings is 1. The molecular formula is C13H18N4O2S. The molecule has 0 atom stereocenters. The molecule has 108 valence electrons. The molecule has 1 aromatic heterocycles. The van der Waals surface area contributed by atoms with Crippen LogP contribution in [0.3, 0.4) is 0 Å². The van der Waals surface area contributed by atoms with Crippen LogP contribution in [0.4, 0.5) is 0 Å². The highest BCUT2D eigenvalue weighted by molar-refractivity contribution is 7.89. The van der Waals surface area contributed by atoms with E-state index in [9.17, 15) is 8.42 Å². The maximum absolute atomic E-state index is 12.4. The van der Waals surface area contributed by atoms with Gasteiger partial charge in [0.05, 0.1) is 11.4 Å². The van der Waals surface area contributed by atoms with E-state index in [1.807, 2.05) is 19.2 Å². The van der Waals surface area contributed by atoms with Gasteiger partial charge in [0.2, 0.25) is 10.0 Å². The van der Waals surface area contributed by atoms with Crippen molar-refractivity contribution in [3.8, 4) is 0 Å². The van der Waals surface area contributed by atoms with Gasteiger partial charge in [-0.15, -0.1) is 0 Å². The first-order valence-corrected chi connectivity index (χ1v) is 7.66. The minimum absolute atomic E-state index is 0.216. The van der Waals surface area contributed by atoms with Gasteiger partial charge in [0.15, 0.2) is 0 Å². The Bertz CT molecular complexity index is 636. The average molecular weight is 294 g/mol. The van der Waals surface area contributed by atoms with Crippen molar-refractivity contribution < 1.29 is 8.42 Å². The molecule has 0 fully saturated rings. The van der Waals surface area contributed by atoms with E-state index in [4.69, 9.17) is 0 Å². The van der Waals surface area contributed by atoms with E-state index < -0.39 is 10.0 Å². The van der Waals surface area contributed by atoms with Gasteiger partial charge in [0.25, 0.3) is 0 Å². The molecular weight excluding hydrogens is 276 g/mol. The van der Waals surface area contributed by atoms with Crippen LogP contribution in [0.25, 0.3) is 0 Å². The lowest BCUT2D eigenvalue weighted by molar-refractivity contribution is 0.458. The zero-order chi connectivity index (χ0) is 14.6. The first-order valence-electron chi connectivity index (χ1n) is 6.22. The average Bonchev–Trinajstić information content (AvgIpc) is 2.92. The highest BCUT2D eigenvalue weighted by Crippen LogP contribution is 2.16. The molecule has 0 aliphatic rings. The second-order valence-electron chi connectivity index (χ2n) is 4.47. The summed E-state index contributed by atoms with van der Waals surface area (Å²) >= 11 is 0. The van der Waals surface area contributed by atoms with Crippen molar-refractivity contribution in [1.29, 1.82) is 0 Å². The monoisotopic (exact) mass is 294 g/mol. The van der Waals surface area contributed by atoms with Gasteiger partial charge in [-0.05, 0) is 24.7 Å². The summed E-state index contributed by atoms with van der Waals surface area (Å²) in [7, 11) is -0.104. The van der Waals surface area contributed by atoms with Gasteiger partial charge in [-0.3, -0.25) is 0 Å². The third-order valence-corrected chi connectivity index (χ3v) is 4.76. The smallest absolute Gasteiger partial charge is 0.243 e. The Balaban J connectivity index is 2.16. The zero-order valence-corrected chi connectivity index (χ0v) is 12.3. The van der Waals surface area contributed by atoms with Crippen LogP contribution in [0.5, 0.6) is 0 Å². The van der Waals surface area contributed by atoms with Gasteiger partial charge in [0, 0.05) is 26.0 Å². The number of sulfonamides is 1. The van der Waals surface area contributed by atoms with Crippen LogP contribution in [-0.4, -0.2) is 36.8 Å². The summed E-state index contributed by atoms with van der Waals surface area (Å²) in [5.41, 5.74) is 1.04. The Morgan fingerprint density at radius 3 is 2.55 bits per heavy atom. The summed E-state index contributed by atoms with van der Waals surface area (Å²) in [6, 6.07) is 6.87. The normalized spacial score (nSPS) is 11.9. The molecule has 0 aliphatic heterocycles. The maximum Gasteiger partial charge on any atom is 0.243 e. The van der Waals surface area contributed by atoms with Gasteiger partial charge in [-0.1, -0.05) is 12.1 Å². The molecule has 1 aromatic carbocycles. The van der Waals surface area contributed by atoms with Crippen LogP contribution in [0.1, 0.15) is 11.4 Å². The molecule has 0 aliphatic carbocycles. The summed E-state index contributed by atoms with van der Waals surface area (Å²) in [4.78, 5) is 7.21. The SMILES string of the molecule is CNCc1ccc(S(=O)(=O)N(C)Cc2ncc[nH]2)cc1. The van der Waals surface area contributed by atoms with Crippen LogP contribution >= 0.6 is 0 Å². The van der Waals surface area contributed by atoms with E-state index in [-0.39, 0.29) is 11.4 Å². The molecule has 0 saturated heterocycles. The van der Waals surface area contributed by atoms with E-state index in [1.165, 1.54) is 4.31 Å². The van der Waals surface area contributed by atoms with Crippen LogP contribution in [0.2, 0.25) is 0 Å². The fourth-order valence-corrected chi connectivity index (χ4v) is 2.98. The molecule has 1 heterocycles. The number of aromatic nitrogens is 2. The standard InChI is InChI=1S/C13H18N4O2S/c1-14-9-11-3-5-12(6-4-11)20(18,19)17(2)10-13-15-7-8-16-13/h3-8,14H,9-10H2,1-2H3,(H,15,16). The highest BCUT2D eigenvalue weighted by Gasteiger charge is 2.21. The van der Waals surface area contributed by atoms with Gasteiger partial charge in [-0.25, -0.2) is 13.4 Å². The summed E-state index contributed by atoms with van der Waals surface area (Å²) in [6.45, 7) is 0.927. The van der Waals surface area contributed by atoms with Crippen LogP contribution in [0.15, 0.2) is 41.6 Å². The molecule has 0 amide bonds. The van der Waals surface area contributed by atoms with Crippen LogP contribution in [-0.2, 0) is 23.1 Å². The van der Waals surface area contributed by atoms with E-state index in [0.717, 1.165) is 5.56 Å². The number of imidazole rings is 1. The maximum atomic E-state index is 12.4. The third-order valence-electron chi connectivity index (χ3n) is 2.94. The Hall–Kier alpha value is -1.70. The van der Waals surface area contributed by atoms with Crippen molar-refractivity contribution in [3.63, 3.8) is 0 Å². The summed E-state index contributed by atoms with van der Waals surface area (Å²) in [5, 5.41) is 3.02. The second-order valence-corrected chi connectivity index (χ2v) is 6.52. The van der Waals surface area contributed by atoms with Gasteiger partial charge in [-0.2, -0.15) is 4.31 Å². The topological polar surface area (TPSA) is 78.1 Å². The number of hydrogen-bond acceptors (Lipinski definition) is 4. The van der Waals surface area contributed by atoms with Crippen molar-refractivity contribution in [2.45, 2.75) is 18.0 Å². The largest absolute Gasteiger partial charge is 0.347 e. The van der Waals surface area contributed by atoms with Gasteiger partial charge in [0.1, 0.15) is 5.82 Å². The molecule has 20 heavy (non-hydrogen) atoms. The number of aromatic amines is 1. The van der Waals surface area contributed by atoms with E-state index in [2.05, 4.69) is 15.3 Å². The fourth-order valence-electron chi connectivity index (χ4n) is 1.84. The third kappa shape index (κ3) is 3.24. The van der Waals surface area contributed by atoms with Crippen molar-refractivity contribution in [2.75, 3.05) is 14.1 Å². The molecule has 0 spiro atoms. The molecule has 2 rings (SSSR count). The highest BCUT2D eigenvalue weighted by atomic mass is 32.2. The van der Waals surface area contributed by atoms with Crippen molar-refractivity contribution in [3.05, 3.63) is 48.0 Å². The summed E-state index contributed by atoms with van der Waals surface area (Å²) in [6.07, 6.45) is 3.27. The lowest BCUT2D eigenvalue weighted by atomic mass is 10.2. The van der Waals surface area contributed by atoms with Crippen LogP contribution < -0.4 is 5.32 Å². The van der Waals surface area contributed by atoms with Crippen molar-refractivity contribution >= 4 is 10.0 Å². The molecule has 2 aromatic rings. The minimum Gasteiger partial charge on any atom is -0.347 e. The minimum atomic E-state index is -3.49. The molecule has 2 N–H and O–H groups in total. The zero-order valence-electron chi connectivity index (χ0n) is 11.5. The quantitative estimate of drug-likeness (QED) is 0.831. The molecule has 0 bridgehead atoms. The summed E-state index contributed by atoms with van der Waals surface area (Å²) in [5.74, 6) is 0.614. The fraction of sp³-hybridized carbons (Fsp3) is 0.308. The first kappa shape index (κ1) is 14.7. The number of H-pyrrole nitrogens is 1. The molecule has 7 heteroatoms. The Kier molecular flexibility index (Phi) is 4.53. The van der Waals surface area contributed by atoms with Crippen molar-refractivity contribution in [2.24, 2.45) is 0 Å². The lowest BCUT2D eigenvalue weighted by Gasteiger charge is -2.16. The number of nitrogens with one attached hydrogen (secondary N) is 2. The first-order chi connectivity index (χ1) is 9.54.